The Morgan fingerprint density at radius 2 is 2.25 bits per heavy atom. The van der Waals surface area contributed by atoms with E-state index in [-0.39, 0.29) is 0 Å². The summed E-state index contributed by atoms with van der Waals surface area (Å²) in [6.07, 6.45) is 7.34. The van der Waals surface area contributed by atoms with Gasteiger partial charge in [0.25, 0.3) is 0 Å². The van der Waals surface area contributed by atoms with Gasteiger partial charge in [0, 0.05) is 24.2 Å². The first-order chi connectivity index (χ1) is 7.75. The highest BCUT2D eigenvalue weighted by Gasteiger charge is 2.41. The lowest BCUT2D eigenvalue weighted by atomic mass is 9.91. The number of halogens is 1. The van der Waals surface area contributed by atoms with E-state index in [9.17, 15) is 0 Å². The van der Waals surface area contributed by atoms with Crippen LogP contribution in [0.2, 0.25) is 5.15 Å². The molecule has 2 saturated heterocycles. The first-order valence-corrected chi connectivity index (χ1v) is 6.47. The topological polar surface area (TPSA) is 16.1 Å². The average molecular weight is 237 g/mol. The zero-order chi connectivity index (χ0) is 11.1. The molecular weight excluding hydrogens is 220 g/mol. The van der Waals surface area contributed by atoms with Crippen LogP contribution < -0.4 is 0 Å². The lowest BCUT2D eigenvalue weighted by Crippen LogP contribution is -2.37. The van der Waals surface area contributed by atoms with Gasteiger partial charge in [-0.05, 0) is 37.9 Å². The minimum absolute atomic E-state index is 0.595. The number of aromatic nitrogens is 1. The number of nitrogens with zero attached hydrogens (tertiary/aromatic N) is 2. The molecule has 2 aliphatic rings. The van der Waals surface area contributed by atoms with Crippen LogP contribution in [0, 0.1) is 0 Å². The van der Waals surface area contributed by atoms with Crippen molar-refractivity contribution >= 4 is 11.6 Å². The van der Waals surface area contributed by atoms with E-state index >= 15 is 0 Å². The summed E-state index contributed by atoms with van der Waals surface area (Å²) < 4.78 is 0. The molecule has 0 saturated carbocycles. The molecule has 0 unspecified atom stereocenters. The van der Waals surface area contributed by atoms with Crippen LogP contribution in [0.3, 0.4) is 0 Å². The van der Waals surface area contributed by atoms with E-state index in [0.29, 0.717) is 11.1 Å². The van der Waals surface area contributed by atoms with Gasteiger partial charge in [-0.2, -0.15) is 0 Å². The van der Waals surface area contributed by atoms with Crippen molar-refractivity contribution in [3.05, 3.63) is 29.0 Å². The van der Waals surface area contributed by atoms with Crippen molar-refractivity contribution in [1.29, 1.82) is 0 Å². The molecule has 1 aromatic rings. The molecule has 0 aromatic carbocycles. The second kappa shape index (κ2) is 4.01. The third-order valence-electron chi connectivity index (χ3n) is 4.31. The first kappa shape index (κ1) is 10.5. The monoisotopic (exact) mass is 236 g/mol. The Morgan fingerprint density at radius 3 is 2.94 bits per heavy atom. The average Bonchev–Trinajstić information content (AvgIpc) is 2.51. The van der Waals surface area contributed by atoms with E-state index in [0.717, 1.165) is 12.1 Å². The van der Waals surface area contributed by atoms with E-state index in [1.807, 2.05) is 12.3 Å². The third-order valence-corrected chi connectivity index (χ3v) is 4.53. The van der Waals surface area contributed by atoms with Crippen LogP contribution in [0.4, 0.5) is 0 Å². The Labute approximate surface area is 102 Å². The molecule has 2 aliphatic heterocycles. The van der Waals surface area contributed by atoms with Gasteiger partial charge in [0.15, 0.2) is 0 Å². The van der Waals surface area contributed by atoms with E-state index in [1.54, 1.807) is 0 Å². The lowest BCUT2D eigenvalue weighted by Gasteiger charge is -2.32. The minimum Gasteiger partial charge on any atom is -0.300 e. The second-order valence-corrected chi connectivity index (χ2v) is 5.46. The molecule has 16 heavy (non-hydrogen) atoms. The molecule has 86 valence electrons. The van der Waals surface area contributed by atoms with Gasteiger partial charge in [-0.15, -0.1) is 0 Å². The van der Waals surface area contributed by atoms with Crippen LogP contribution in [0.5, 0.6) is 0 Å². The molecule has 1 aromatic heterocycles. The highest BCUT2D eigenvalue weighted by molar-refractivity contribution is 6.29. The van der Waals surface area contributed by atoms with Crippen LogP contribution in [0.25, 0.3) is 0 Å². The summed E-state index contributed by atoms with van der Waals surface area (Å²) in [5, 5.41) is 0.595. The maximum atomic E-state index is 5.84. The summed E-state index contributed by atoms with van der Waals surface area (Å²) in [6.45, 7) is 0. The number of hydrogen-bond donors (Lipinski definition) is 0. The Kier molecular flexibility index (Phi) is 2.64. The van der Waals surface area contributed by atoms with Crippen molar-refractivity contribution in [2.45, 2.75) is 43.7 Å². The van der Waals surface area contributed by atoms with E-state index in [2.05, 4.69) is 23.0 Å². The van der Waals surface area contributed by atoms with Gasteiger partial charge >= 0.3 is 0 Å². The van der Waals surface area contributed by atoms with Crippen molar-refractivity contribution in [3.8, 4) is 0 Å². The van der Waals surface area contributed by atoms with Crippen molar-refractivity contribution in [2.24, 2.45) is 0 Å². The predicted molar refractivity (Wildman–Crippen MR) is 65.8 cm³/mol. The van der Waals surface area contributed by atoms with Gasteiger partial charge in [-0.25, -0.2) is 4.98 Å². The molecule has 2 fully saturated rings. The zero-order valence-electron chi connectivity index (χ0n) is 9.56. The number of fused-ring (bicyclic) bond motifs is 2. The number of hydrogen-bond acceptors (Lipinski definition) is 2. The predicted octanol–water partition coefficient (Wildman–Crippen LogP) is 3.08. The van der Waals surface area contributed by atoms with Gasteiger partial charge in [-0.1, -0.05) is 24.1 Å². The number of rotatable bonds is 1. The maximum Gasteiger partial charge on any atom is 0.129 e. The second-order valence-electron chi connectivity index (χ2n) is 5.07. The molecule has 0 aliphatic carbocycles. The largest absolute Gasteiger partial charge is 0.300 e. The molecule has 3 atom stereocenters. The zero-order valence-corrected chi connectivity index (χ0v) is 10.3. The van der Waals surface area contributed by atoms with E-state index in [1.165, 1.54) is 31.2 Å². The number of pyridine rings is 1. The number of piperidine rings is 1. The number of likely N-dealkylation sites (N-methyl/N-ethyl adjacent to an activating group) is 1. The molecule has 0 spiro atoms. The summed E-state index contributed by atoms with van der Waals surface area (Å²) in [5.41, 5.74) is 1.37. The summed E-state index contributed by atoms with van der Waals surface area (Å²) in [4.78, 5) is 6.78. The molecule has 0 amide bonds. The molecule has 0 N–H and O–H groups in total. The molecule has 2 bridgehead atoms. The summed E-state index contributed by atoms with van der Waals surface area (Å²) >= 11 is 5.84. The molecule has 3 rings (SSSR count). The standard InChI is InChI=1S/C13H17ClN2/c1-16-10-3-2-4-12(16)11(7-10)9-5-6-13(14)15-8-9/h5-6,8,10-12H,2-4,7H2,1H3/t10-,11+,12+/m1/s1. The SMILES string of the molecule is CN1[C@@H]2CCC[C@H]1[C@H](c1ccc(Cl)nc1)C2. The minimum atomic E-state index is 0.595. The quantitative estimate of drug-likeness (QED) is 0.697. The lowest BCUT2D eigenvalue weighted by molar-refractivity contribution is 0.174. The molecule has 3 heteroatoms. The summed E-state index contributed by atoms with van der Waals surface area (Å²) in [7, 11) is 2.28. The van der Waals surface area contributed by atoms with Crippen molar-refractivity contribution in [1.82, 2.24) is 9.88 Å². The van der Waals surface area contributed by atoms with Gasteiger partial charge in [0.2, 0.25) is 0 Å². The van der Waals surface area contributed by atoms with Gasteiger partial charge in [-0.3, -0.25) is 4.90 Å². The van der Waals surface area contributed by atoms with Crippen LogP contribution >= 0.6 is 11.6 Å². The van der Waals surface area contributed by atoms with Crippen LogP contribution in [-0.4, -0.2) is 29.0 Å². The van der Waals surface area contributed by atoms with Gasteiger partial charge < -0.3 is 0 Å². The Balaban J connectivity index is 1.88. The van der Waals surface area contributed by atoms with Gasteiger partial charge in [0.1, 0.15) is 5.15 Å². The van der Waals surface area contributed by atoms with Crippen LogP contribution in [0.1, 0.15) is 37.2 Å². The van der Waals surface area contributed by atoms with Crippen LogP contribution in [-0.2, 0) is 0 Å². The maximum absolute atomic E-state index is 5.84. The van der Waals surface area contributed by atoms with Crippen molar-refractivity contribution < 1.29 is 0 Å². The Morgan fingerprint density at radius 1 is 1.38 bits per heavy atom. The highest BCUT2D eigenvalue weighted by atomic mass is 35.5. The van der Waals surface area contributed by atoms with Gasteiger partial charge in [0.05, 0.1) is 0 Å². The fraction of sp³-hybridized carbons (Fsp3) is 0.615. The summed E-state index contributed by atoms with van der Waals surface area (Å²) in [5.74, 6) is 0.669. The fourth-order valence-electron chi connectivity index (χ4n) is 3.42. The Bertz CT molecular complexity index is 376. The van der Waals surface area contributed by atoms with E-state index in [4.69, 9.17) is 11.6 Å². The normalized spacial score (nSPS) is 34.2. The molecule has 2 nitrogen and oxygen atoms in total. The van der Waals surface area contributed by atoms with Crippen LogP contribution in [0.15, 0.2) is 18.3 Å². The molecular formula is C13H17ClN2. The third kappa shape index (κ3) is 1.64. The molecule has 3 heterocycles. The molecule has 0 radical (unpaired) electrons. The fourth-order valence-corrected chi connectivity index (χ4v) is 3.54. The van der Waals surface area contributed by atoms with Crippen molar-refractivity contribution in [2.75, 3.05) is 7.05 Å². The highest BCUT2D eigenvalue weighted by Crippen LogP contribution is 2.43. The Hall–Kier alpha value is -0.600. The summed E-state index contributed by atoms with van der Waals surface area (Å²) in [6, 6.07) is 5.58. The van der Waals surface area contributed by atoms with E-state index < -0.39 is 0 Å². The van der Waals surface area contributed by atoms with Crippen molar-refractivity contribution in [3.63, 3.8) is 0 Å². The smallest absolute Gasteiger partial charge is 0.129 e. The first-order valence-electron chi connectivity index (χ1n) is 6.09.